The summed E-state index contributed by atoms with van der Waals surface area (Å²) in [6.07, 6.45) is 0. The van der Waals surface area contributed by atoms with Crippen LogP contribution >= 0.6 is 11.6 Å². The highest BCUT2D eigenvalue weighted by Gasteiger charge is 2.14. The molecule has 0 unspecified atom stereocenters. The van der Waals surface area contributed by atoms with E-state index in [1.165, 1.54) is 0 Å². The van der Waals surface area contributed by atoms with Crippen LogP contribution in [0.4, 0.5) is 4.39 Å². The van der Waals surface area contributed by atoms with Crippen molar-refractivity contribution < 1.29 is 17.0 Å². The maximum Gasteiger partial charge on any atom is 0.296 e. The van der Waals surface area contributed by atoms with Crippen LogP contribution in [0, 0.1) is 5.82 Å². The van der Waals surface area contributed by atoms with Gasteiger partial charge in [-0.25, -0.2) is 4.39 Å². The highest BCUT2D eigenvalue weighted by atomic mass is 35.5. The molecule has 0 atom stereocenters. The summed E-state index contributed by atoms with van der Waals surface area (Å²) in [5.74, 6) is -0.670. The van der Waals surface area contributed by atoms with Crippen molar-refractivity contribution in [3.05, 3.63) is 29.0 Å². The minimum Gasteiger partial charge on any atom is -0.270 e. The first-order valence-electron chi connectivity index (χ1n) is 3.23. The van der Waals surface area contributed by atoms with E-state index in [1.807, 2.05) is 0 Å². The van der Waals surface area contributed by atoms with Crippen molar-refractivity contribution in [2.75, 3.05) is 7.11 Å². The molecule has 0 fully saturated rings. The fourth-order valence-corrected chi connectivity index (χ4v) is 1.66. The van der Waals surface area contributed by atoms with E-state index in [-0.39, 0.29) is 9.92 Å². The van der Waals surface area contributed by atoms with Crippen LogP contribution in [0.5, 0.6) is 0 Å². The lowest BCUT2D eigenvalue weighted by atomic mass is 10.3. The van der Waals surface area contributed by atoms with E-state index in [4.69, 9.17) is 11.6 Å². The van der Waals surface area contributed by atoms with Crippen molar-refractivity contribution >= 4 is 21.7 Å². The van der Waals surface area contributed by atoms with Crippen LogP contribution in [0.2, 0.25) is 5.02 Å². The highest BCUT2D eigenvalue weighted by molar-refractivity contribution is 7.86. The van der Waals surface area contributed by atoms with Crippen molar-refractivity contribution in [1.29, 1.82) is 0 Å². The molecule has 0 saturated carbocycles. The zero-order valence-corrected chi connectivity index (χ0v) is 8.19. The minimum absolute atomic E-state index is 0.165. The summed E-state index contributed by atoms with van der Waals surface area (Å²) in [4.78, 5) is -0.165. The second kappa shape index (κ2) is 3.61. The second-order valence-electron chi connectivity index (χ2n) is 2.20. The Morgan fingerprint density at radius 1 is 1.46 bits per heavy atom. The van der Waals surface area contributed by atoms with Gasteiger partial charge in [0, 0.05) is 0 Å². The van der Waals surface area contributed by atoms with Crippen molar-refractivity contribution in [3.8, 4) is 0 Å². The first kappa shape index (κ1) is 10.4. The molecule has 3 nitrogen and oxygen atoms in total. The maximum absolute atomic E-state index is 12.6. The maximum atomic E-state index is 12.6. The van der Waals surface area contributed by atoms with Crippen LogP contribution < -0.4 is 0 Å². The molecule has 0 saturated heterocycles. The van der Waals surface area contributed by atoms with Gasteiger partial charge in [0.15, 0.2) is 0 Å². The van der Waals surface area contributed by atoms with Gasteiger partial charge in [0.1, 0.15) is 5.82 Å². The fraction of sp³-hybridized carbons (Fsp3) is 0.143. The van der Waals surface area contributed by atoms with Gasteiger partial charge in [0.05, 0.1) is 17.0 Å². The zero-order chi connectivity index (χ0) is 10.1. The molecule has 1 aromatic carbocycles. The Hall–Kier alpha value is -0.650. The predicted octanol–water partition coefficient (Wildman–Crippen LogP) is 1.81. The average Bonchev–Trinajstić information content (AvgIpc) is 2.09. The van der Waals surface area contributed by atoms with Gasteiger partial charge in [-0.2, -0.15) is 8.42 Å². The van der Waals surface area contributed by atoms with Crippen molar-refractivity contribution in [3.63, 3.8) is 0 Å². The molecule has 0 spiro atoms. The molecule has 0 heterocycles. The molecular weight excluding hydrogens is 219 g/mol. The van der Waals surface area contributed by atoms with Crippen LogP contribution in [-0.2, 0) is 14.3 Å². The van der Waals surface area contributed by atoms with Gasteiger partial charge in [0.25, 0.3) is 10.1 Å². The van der Waals surface area contributed by atoms with Gasteiger partial charge in [-0.3, -0.25) is 4.18 Å². The Morgan fingerprint density at radius 2 is 2.08 bits per heavy atom. The third-order valence-corrected chi connectivity index (χ3v) is 2.96. The Kier molecular flexibility index (Phi) is 2.90. The standard InChI is InChI=1S/C7H6ClFO3S/c1-12-13(10,11)5-2-3-7(9)6(8)4-5/h2-4H,1H3. The topological polar surface area (TPSA) is 43.4 Å². The monoisotopic (exact) mass is 224 g/mol. The molecule has 72 valence electrons. The predicted molar refractivity (Wildman–Crippen MR) is 45.6 cm³/mol. The summed E-state index contributed by atoms with van der Waals surface area (Å²) in [5.41, 5.74) is 0. The molecule has 1 rings (SSSR count). The molecule has 0 bridgehead atoms. The van der Waals surface area contributed by atoms with Crippen molar-refractivity contribution in [1.82, 2.24) is 0 Å². The number of hydrogen-bond acceptors (Lipinski definition) is 3. The molecule has 1 aromatic rings. The lowest BCUT2D eigenvalue weighted by Gasteiger charge is -2.01. The lowest BCUT2D eigenvalue weighted by Crippen LogP contribution is -2.02. The van der Waals surface area contributed by atoms with E-state index in [0.717, 1.165) is 25.3 Å². The summed E-state index contributed by atoms with van der Waals surface area (Å²) >= 11 is 5.38. The quantitative estimate of drug-likeness (QED) is 0.720. The third kappa shape index (κ3) is 2.18. The fourth-order valence-electron chi connectivity index (χ4n) is 0.729. The molecular formula is C7H6ClFO3S. The van der Waals surface area contributed by atoms with Crippen LogP contribution in [0.3, 0.4) is 0 Å². The minimum atomic E-state index is -3.79. The Labute approximate surface area is 80.2 Å². The highest BCUT2D eigenvalue weighted by Crippen LogP contribution is 2.20. The van der Waals surface area contributed by atoms with Gasteiger partial charge in [-0.15, -0.1) is 0 Å². The summed E-state index contributed by atoms with van der Waals surface area (Å²) in [7, 11) is -2.77. The SMILES string of the molecule is COS(=O)(=O)c1ccc(F)c(Cl)c1. The summed E-state index contributed by atoms with van der Waals surface area (Å²) in [6, 6.07) is 3.05. The summed E-state index contributed by atoms with van der Waals surface area (Å²) < 4.78 is 39.0. The molecule has 0 amide bonds. The van der Waals surface area contributed by atoms with Crippen LogP contribution in [0.25, 0.3) is 0 Å². The Morgan fingerprint density at radius 3 is 2.54 bits per heavy atom. The Balaban J connectivity index is 3.27. The van der Waals surface area contributed by atoms with Gasteiger partial charge in [-0.1, -0.05) is 11.6 Å². The third-order valence-electron chi connectivity index (χ3n) is 1.40. The number of hydrogen-bond donors (Lipinski definition) is 0. The molecule has 0 N–H and O–H groups in total. The van der Waals surface area contributed by atoms with Gasteiger partial charge in [0.2, 0.25) is 0 Å². The Bertz CT molecular complexity index is 416. The van der Waals surface area contributed by atoms with Crippen LogP contribution in [0.15, 0.2) is 23.1 Å². The largest absolute Gasteiger partial charge is 0.296 e. The molecule has 0 aromatic heterocycles. The van der Waals surface area contributed by atoms with E-state index in [9.17, 15) is 12.8 Å². The molecule has 0 radical (unpaired) electrons. The number of rotatable bonds is 2. The van der Waals surface area contributed by atoms with E-state index in [1.54, 1.807) is 0 Å². The van der Waals surface area contributed by atoms with E-state index < -0.39 is 15.9 Å². The molecule has 6 heteroatoms. The van der Waals surface area contributed by atoms with Crippen LogP contribution in [0.1, 0.15) is 0 Å². The van der Waals surface area contributed by atoms with Gasteiger partial charge >= 0.3 is 0 Å². The summed E-state index contributed by atoms with van der Waals surface area (Å²) in [6.45, 7) is 0. The first-order valence-corrected chi connectivity index (χ1v) is 5.01. The second-order valence-corrected chi connectivity index (χ2v) is 4.32. The zero-order valence-electron chi connectivity index (χ0n) is 6.62. The normalized spacial score (nSPS) is 11.6. The lowest BCUT2D eigenvalue weighted by molar-refractivity contribution is 0.397. The molecule has 0 aliphatic rings. The van der Waals surface area contributed by atoms with Gasteiger partial charge in [-0.05, 0) is 18.2 Å². The number of benzene rings is 1. The van der Waals surface area contributed by atoms with E-state index in [2.05, 4.69) is 4.18 Å². The van der Waals surface area contributed by atoms with Crippen molar-refractivity contribution in [2.45, 2.75) is 4.90 Å². The first-order chi connectivity index (χ1) is 5.97. The smallest absolute Gasteiger partial charge is 0.270 e. The summed E-state index contributed by atoms with van der Waals surface area (Å²) in [5, 5.41) is -0.252. The molecule has 13 heavy (non-hydrogen) atoms. The molecule has 0 aliphatic carbocycles. The number of halogens is 2. The van der Waals surface area contributed by atoms with Crippen molar-refractivity contribution in [2.24, 2.45) is 0 Å². The molecule has 0 aliphatic heterocycles. The van der Waals surface area contributed by atoms with Crippen LogP contribution in [-0.4, -0.2) is 15.5 Å². The van der Waals surface area contributed by atoms with E-state index in [0.29, 0.717) is 0 Å². The van der Waals surface area contributed by atoms with E-state index >= 15 is 0 Å². The van der Waals surface area contributed by atoms with Gasteiger partial charge < -0.3 is 0 Å². The average molecular weight is 225 g/mol.